The number of benzene rings is 1. The van der Waals surface area contributed by atoms with Crippen LogP contribution in [0.3, 0.4) is 0 Å². The molecule has 1 unspecified atom stereocenters. The minimum Gasteiger partial charge on any atom is -0.497 e. The Balaban J connectivity index is 2.12. The molecular weight excluding hydrogens is 320 g/mol. The van der Waals surface area contributed by atoms with Crippen molar-refractivity contribution in [3.05, 3.63) is 53.7 Å². The standard InChI is InChI=1S/C19H22N2O4/c1-4-25-19(23)16(21-18-10-5-13(2)12-20-18)11-17(22)14-6-8-15(24-3)9-7-14/h5-10,12,16H,4,11H2,1-3H3,(H,20,21). The molecule has 1 heterocycles. The molecule has 1 aromatic carbocycles. The largest absolute Gasteiger partial charge is 0.497 e. The molecule has 1 atom stereocenters. The average molecular weight is 342 g/mol. The normalized spacial score (nSPS) is 11.5. The van der Waals surface area contributed by atoms with Gasteiger partial charge in [0.25, 0.3) is 0 Å². The molecule has 0 spiro atoms. The third kappa shape index (κ3) is 5.31. The van der Waals surface area contributed by atoms with Gasteiger partial charge in [-0.15, -0.1) is 0 Å². The number of nitrogens with one attached hydrogen (secondary N) is 1. The number of carbonyl (C=O) groups excluding carboxylic acids is 2. The molecule has 2 rings (SSSR count). The first-order valence-electron chi connectivity index (χ1n) is 8.06. The predicted molar refractivity (Wildman–Crippen MR) is 95.0 cm³/mol. The Labute approximate surface area is 147 Å². The van der Waals surface area contributed by atoms with E-state index in [0.29, 0.717) is 17.1 Å². The summed E-state index contributed by atoms with van der Waals surface area (Å²) in [6.07, 6.45) is 1.66. The van der Waals surface area contributed by atoms with E-state index in [1.807, 2.05) is 13.0 Å². The number of methoxy groups -OCH3 is 1. The Morgan fingerprint density at radius 1 is 1.16 bits per heavy atom. The van der Waals surface area contributed by atoms with Gasteiger partial charge in [0, 0.05) is 18.2 Å². The number of ketones is 1. The summed E-state index contributed by atoms with van der Waals surface area (Å²) in [5.74, 6) is 0.540. The number of aromatic nitrogens is 1. The number of hydrogen-bond acceptors (Lipinski definition) is 6. The fourth-order valence-electron chi connectivity index (χ4n) is 2.25. The number of aryl methyl sites for hydroxylation is 1. The van der Waals surface area contributed by atoms with Crippen LogP contribution >= 0.6 is 0 Å². The number of pyridine rings is 1. The zero-order valence-electron chi connectivity index (χ0n) is 14.6. The number of ether oxygens (including phenoxy) is 2. The van der Waals surface area contributed by atoms with Crippen molar-refractivity contribution < 1.29 is 19.1 Å². The zero-order valence-corrected chi connectivity index (χ0v) is 14.6. The van der Waals surface area contributed by atoms with Crippen molar-refractivity contribution in [1.29, 1.82) is 0 Å². The highest BCUT2D eigenvalue weighted by atomic mass is 16.5. The Kier molecular flexibility index (Phi) is 6.51. The van der Waals surface area contributed by atoms with E-state index >= 15 is 0 Å². The second-order valence-corrected chi connectivity index (χ2v) is 5.53. The summed E-state index contributed by atoms with van der Waals surface area (Å²) in [6.45, 7) is 3.90. The van der Waals surface area contributed by atoms with E-state index in [-0.39, 0.29) is 18.8 Å². The second-order valence-electron chi connectivity index (χ2n) is 5.53. The van der Waals surface area contributed by atoms with Gasteiger partial charge in [-0.3, -0.25) is 4.79 Å². The van der Waals surface area contributed by atoms with Crippen LogP contribution in [0.1, 0.15) is 29.3 Å². The van der Waals surface area contributed by atoms with Gasteiger partial charge in [-0.2, -0.15) is 0 Å². The highest BCUT2D eigenvalue weighted by molar-refractivity contribution is 5.99. The second kappa shape index (κ2) is 8.82. The Morgan fingerprint density at radius 3 is 2.44 bits per heavy atom. The molecule has 132 valence electrons. The number of esters is 1. The smallest absolute Gasteiger partial charge is 0.329 e. The van der Waals surface area contributed by atoms with Crippen LogP contribution < -0.4 is 10.1 Å². The molecule has 0 amide bonds. The van der Waals surface area contributed by atoms with Gasteiger partial charge in [0.1, 0.15) is 17.6 Å². The minimum absolute atomic E-state index is 0.0271. The fourth-order valence-corrected chi connectivity index (χ4v) is 2.25. The number of rotatable bonds is 8. The first-order valence-corrected chi connectivity index (χ1v) is 8.06. The Bertz CT molecular complexity index is 711. The van der Waals surface area contributed by atoms with E-state index in [4.69, 9.17) is 9.47 Å². The SMILES string of the molecule is CCOC(=O)C(CC(=O)c1ccc(OC)cc1)Nc1ccc(C)cn1. The molecule has 6 nitrogen and oxygen atoms in total. The van der Waals surface area contributed by atoms with Gasteiger partial charge in [0.15, 0.2) is 5.78 Å². The van der Waals surface area contributed by atoms with Crippen molar-refractivity contribution in [1.82, 2.24) is 4.98 Å². The lowest BCUT2D eigenvalue weighted by molar-refractivity contribution is -0.144. The lowest BCUT2D eigenvalue weighted by Gasteiger charge is -2.17. The third-order valence-electron chi connectivity index (χ3n) is 3.61. The molecule has 0 aliphatic rings. The van der Waals surface area contributed by atoms with Crippen LogP contribution in [-0.4, -0.2) is 36.5 Å². The van der Waals surface area contributed by atoms with Crippen LogP contribution in [0.5, 0.6) is 5.75 Å². The summed E-state index contributed by atoms with van der Waals surface area (Å²) in [5.41, 5.74) is 1.52. The van der Waals surface area contributed by atoms with Gasteiger partial charge in [-0.1, -0.05) is 6.07 Å². The molecule has 0 aliphatic carbocycles. The van der Waals surface area contributed by atoms with Gasteiger partial charge < -0.3 is 14.8 Å². The van der Waals surface area contributed by atoms with E-state index < -0.39 is 12.0 Å². The number of hydrogen-bond donors (Lipinski definition) is 1. The molecule has 0 fully saturated rings. The van der Waals surface area contributed by atoms with Gasteiger partial charge in [-0.05, 0) is 49.7 Å². The maximum Gasteiger partial charge on any atom is 0.329 e. The van der Waals surface area contributed by atoms with Crippen molar-refractivity contribution >= 4 is 17.6 Å². The Hall–Kier alpha value is -2.89. The molecule has 0 saturated heterocycles. The van der Waals surface area contributed by atoms with E-state index in [2.05, 4.69) is 10.3 Å². The van der Waals surface area contributed by atoms with Crippen molar-refractivity contribution in [2.24, 2.45) is 0 Å². The van der Waals surface area contributed by atoms with Crippen LogP contribution in [0.25, 0.3) is 0 Å². The Morgan fingerprint density at radius 2 is 1.88 bits per heavy atom. The summed E-state index contributed by atoms with van der Waals surface area (Å²) in [7, 11) is 1.56. The molecule has 0 saturated carbocycles. The molecule has 25 heavy (non-hydrogen) atoms. The van der Waals surface area contributed by atoms with Crippen molar-refractivity contribution in [2.45, 2.75) is 26.3 Å². The van der Waals surface area contributed by atoms with Crippen molar-refractivity contribution in [3.8, 4) is 5.75 Å². The molecule has 6 heteroatoms. The van der Waals surface area contributed by atoms with E-state index in [0.717, 1.165) is 5.56 Å². The maximum absolute atomic E-state index is 12.5. The van der Waals surface area contributed by atoms with Crippen molar-refractivity contribution in [2.75, 3.05) is 19.0 Å². The number of carbonyl (C=O) groups is 2. The number of Topliss-reactive ketones (excluding diaryl/α,β-unsaturated/α-hetero) is 1. The highest BCUT2D eigenvalue weighted by Gasteiger charge is 2.24. The van der Waals surface area contributed by atoms with Crippen LogP contribution in [0.4, 0.5) is 5.82 Å². The molecule has 2 aromatic rings. The maximum atomic E-state index is 12.5. The summed E-state index contributed by atoms with van der Waals surface area (Å²) >= 11 is 0. The highest BCUT2D eigenvalue weighted by Crippen LogP contribution is 2.15. The molecule has 1 N–H and O–H groups in total. The van der Waals surface area contributed by atoms with Crippen LogP contribution in [0, 0.1) is 6.92 Å². The number of anilines is 1. The van der Waals surface area contributed by atoms with Crippen molar-refractivity contribution in [3.63, 3.8) is 0 Å². The first-order chi connectivity index (χ1) is 12.0. The first kappa shape index (κ1) is 18.4. The lowest BCUT2D eigenvalue weighted by Crippen LogP contribution is -2.34. The minimum atomic E-state index is -0.801. The fraction of sp³-hybridized carbons (Fsp3) is 0.316. The molecule has 0 aliphatic heterocycles. The zero-order chi connectivity index (χ0) is 18.2. The van der Waals surface area contributed by atoms with E-state index in [9.17, 15) is 9.59 Å². The summed E-state index contributed by atoms with van der Waals surface area (Å²) in [6, 6.07) is 9.61. The van der Waals surface area contributed by atoms with Gasteiger partial charge in [-0.25, -0.2) is 9.78 Å². The molecule has 1 aromatic heterocycles. The summed E-state index contributed by atoms with van der Waals surface area (Å²) < 4.78 is 10.2. The topological polar surface area (TPSA) is 77.5 Å². The molecular formula is C19H22N2O4. The van der Waals surface area contributed by atoms with Crippen LogP contribution in [-0.2, 0) is 9.53 Å². The quantitative estimate of drug-likeness (QED) is 0.587. The number of nitrogens with zero attached hydrogens (tertiary/aromatic N) is 1. The van der Waals surface area contributed by atoms with Gasteiger partial charge >= 0.3 is 5.97 Å². The molecule has 0 radical (unpaired) electrons. The molecule has 0 bridgehead atoms. The summed E-state index contributed by atoms with van der Waals surface area (Å²) in [4.78, 5) is 28.9. The monoisotopic (exact) mass is 342 g/mol. The van der Waals surface area contributed by atoms with E-state index in [1.54, 1.807) is 50.6 Å². The van der Waals surface area contributed by atoms with Crippen LogP contribution in [0.15, 0.2) is 42.6 Å². The average Bonchev–Trinajstić information content (AvgIpc) is 2.63. The third-order valence-corrected chi connectivity index (χ3v) is 3.61. The van der Waals surface area contributed by atoms with E-state index in [1.165, 1.54) is 0 Å². The summed E-state index contributed by atoms with van der Waals surface area (Å²) in [5, 5.41) is 2.98. The lowest BCUT2D eigenvalue weighted by atomic mass is 10.0. The van der Waals surface area contributed by atoms with Crippen LogP contribution in [0.2, 0.25) is 0 Å². The predicted octanol–water partition coefficient (Wildman–Crippen LogP) is 3.02. The van der Waals surface area contributed by atoms with Gasteiger partial charge in [0.2, 0.25) is 0 Å². The van der Waals surface area contributed by atoms with Gasteiger partial charge in [0.05, 0.1) is 13.7 Å².